The summed E-state index contributed by atoms with van der Waals surface area (Å²) in [4.78, 5) is 13.0. The monoisotopic (exact) mass is 256 g/mol. The van der Waals surface area contributed by atoms with Gasteiger partial charge in [0.05, 0.1) is 11.8 Å². The van der Waals surface area contributed by atoms with Gasteiger partial charge in [-0.1, -0.05) is 0 Å². The van der Waals surface area contributed by atoms with Gasteiger partial charge in [-0.2, -0.15) is 0 Å². The average molecular weight is 256 g/mol. The van der Waals surface area contributed by atoms with Crippen molar-refractivity contribution in [3.05, 3.63) is 36.8 Å². The normalized spacial score (nSPS) is 11.1. The molecular formula is C13H16N6. The number of fused-ring (bicyclic) bond motifs is 1. The zero-order valence-electron chi connectivity index (χ0n) is 11.0. The lowest BCUT2D eigenvalue weighted by molar-refractivity contribution is 0.789. The number of nitrogens with zero attached hydrogens (tertiary/aromatic N) is 5. The van der Waals surface area contributed by atoms with Gasteiger partial charge in [-0.25, -0.2) is 15.0 Å². The van der Waals surface area contributed by atoms with Crippen LogP contribution < -0.4 is 5.32 Å². The molecule has 0 saturated heterocycles. The van der Waals surface area contributed by atoms with Crippen LogP contribution in [0.3, 0.4) is 0 Å². The van der Waals surface area contributed by atoms with Crippen LogP contribution in [0.4, 0.5) is 5.82 Å². The van der Waals surface area contributed by atoms with Crippen LogP contribution in [0.15, 0.2) is 31.0 Å². The van der Waals surface area contributed by atoms with E-state index >= 15 is 0 Å². The van der Waals surface area contributed by atoms with Gasteiger partial charge in [0.25, 0.3) is 0 Å². The van der Waals surface area contributed by atoms with Gasteiger partial charge < -0.3 is 14.5 Å². The standard InChI is InChI=1S/C13H16N6/c1-18-8-7-14-11(18)4-6-16-13-12-10(3-5-15-13)19(2)9-17-12/h3,5,7-9H,4,6H2,1-2H3,(H,15,16). The third kappa shape index (κ3) is 2.16. The van der Waals surface area contributed by atoms with Crippen molar-refractivity contribution in [1.82, 2.24) is 24.1 Å². The Morgan fingerprint density at radius 1 is 1.11 bits per heavy atom. The molecule has 0 aromatic carbocycles. The smallest absolute Gasteiger partial charge is 0.154 e. The molecule has 0 aliphatic rings. The SMILES string of the molecule is Cn1ccnc1CCNc1nccc2c1ncn2C. The third-order valence-electron chi connectivity index (χ3n) is 3.21. The van der Waals surface area contributed by atoms with Gasteiger partial charge in [0.15, 0.2) is 5.82 Å². The zero-order chi connectivity index (χ0) is 13.2. The first-order valence-electron chi connectivity index (χ1n) is 6.22. The average Bonchev–Trinajstić information content (AvgIpc) is 2.98. The predicted molar refractivity (Wildman–Crippen MR) is 73.9 cm³/mol. The van der Waals surface area contributed by atoms with Crippen molar-refractivity contribution in [3.8, 4) is 0 Å². The minimum atomic E-state index is 0.785. The summed E-state index contributed by atoms with van der Waals surface area (Å²) in [6, 6.07) is 1.96. The predicted octanol–water partition coefficient (Wildman–Crippen LogP) is 1.36. The van der Waals surface area contributed by atoms with E-state index < -0.39 is 0 Å². The van der Waals surface area contributed by atoms with Crippen LogP contribution in [0.2, 0.25) is 0 Å². The van der Waals surface area contributed by atoms with Crippen LogP contribution in [0.5, 0.6) is 0 Å². The molecule has 0 unspecified atom stereocenters. The Labute approximate surface area is 111 Å². The Balaban J connectivity index is 1.74. The number of aromatic nitrogens is 5. The van der Waals surface area contributed by atoms with Crippen molar-refractivity contribution >= 4 is 16.9 Å². The van der Waals surface area contributed by atoms with Crippen molar-refractivity contribution in [1.29, 1.82) is 0 Å². The largest absolute Gasteiger partial charge is 0.368 e. The Bertz CT molecular complexity index is 696. The molecule has 0 atom stereocenters. The summed E-state index contributed by atoms with van der Waals surface area (Å²) in [5.41, 5.74) is 1.99. The van der Waals surface area contributed by atoms with E-state index in [9.17, 15) is 0 Å². The maximum atomic E-state index is 4.37. The summed E-state index contributed by atoms with van der Waals surface area (Å²) in [6.07, 6.45) is 8.22. The fraction of sp³-hybridized carbons (Fsp3) is 0.308. The van der Waals surface area contributed by atoms with E-state index in [2.05, 4.69) is 20.3 Å². The molecule has 0 fully saturated rings. The van der Waals surface area contributed by atoms with E-state index in [-0.39, 0.29) is 0 Å². The van der Waals surface area contributed by atoms with Crippen molar-refractivity contribution in [2.75, 3.05) is 11.9 Å². The van der Waals surface area contributed by atoms with Gasteiger partial charge in [0, 0.05) is 45.7 Å². The van der Waals surface area contributed by atoms with Crippen molar-refractivity contribution < 1.29 is 0 Å². The van der Waals surface area contributed by atoms with Gasteiger partial charge in [-0.15, -0.1) is 0 Å². The van der Waals surface area contributed by atoms with Crippen LogP contribution in [0.1, 0.15) is 5.82 Å². The molecule has 0 saturated carbocycles. The van der Waals surface area contributed by atoms with Crippen LogP contribution in [-0.4, -0.2) is 30.6 Å². The van der Waals surface area contributed by atoms with Crippen molar-refractivity contribution in [3.63, 3.8) is 0 Å². The molecule has 19 heavy (non-hydrogen) atoms. The Hall–Kier alpha value is -2.37. The van der Waals surface area contributed by atoms with Crippen molar-refractivity contribution in [2.45, 2.75) is 6.42 Å². The lowest BCUT2D eigenvalue weighted by Gasteiger charge is -2.06. The first kappa shape index (κ1) is 11.7. The van der Waals surface area contributed by atoms with E-state index in [1.807, 2.05) is 41.7 Å². The van der Waals surface area contributed by atoms with Crippen LogP contribution in [0.25, 0.3) is 11.0 Å². The molecule has 3 aromatic rings. The zero-order valence-corrected chi connectivity index (χ0v) is 11.0. The second-order valence-electron chi connectivity index (χ2n) is 4.51. The van der Waals surface area contributed by atoms with E-state index in [4.69, 9.17) is 0 Å². The number of aryl methyl sites for hydroxylation is 2. The Morgan fingerprint density at radius 2 is 2.00 bits per heavy atom. The number of pyridine rings is 1. The number of rotatable bonds is 4. The fourth-order valence-corrected chi connectivity index (χ4v) is 2.12. The second kappa shape index (κ2) is 4.72. The molecule has 0 radical (unpaired) electrons. The second-order valence-corrected chi connectivity index (χ2v) is 4.51. The van der Waals surface area contributed by atoms with E-state index in [0.29, 0.717) is 0 Å². The number of imidazole rings is 2. The van der Waals surface area contributed by atoms with E-state index in [1.54, 1.807) is 12.5 Å². The third-order valence-corrected chi connectivity index (χ3v) is 3.21. The maximum Gasteiger partial charge on any atom is 0.154 e. The van der Waals surface area contributed by atoms with Gasteiger partial charge in [-0.3, -0.25) is 0 Å². The molecule has 3 heterocycles. The van der Waals surface area contributed by atoms with Crippen LogP contribution >= 0.6 is 0 Å². The van der Waals surface area contributed by atoms with Crippen LogP contribution in [-0.2, 0) is 20.5 Å². The van der Waals surface area contributed by atoms with Gasteiger partial charge in [-0.05, 0) is 6.07 Å². The summed E-state index contributed by atoms with van der Waals surface area (Å²) in [5.74, 6) is 1.88. The number of hydrogen-bond donors (Lipinski definition) is 1. The first-order chi connectivity index (χ1) is 9.25. The van der Waals surface area contributed by atoms with Crippen molar-refractivity contribution in [2.24, 2.45) is 14.1 Å². The molecule has 3 aromatic heterocycles. The molecular weight excluding hydrogens is 240 g/mol. The summed E-state index contributed by atoms with van der Waals surface area (Å²) >= 11 is 0. The Morgan fingerprint density at radius 3 is 2.79 bits per heavy atom. The molecule has 0 aliphatic heterocycles. The van der Waals surface area contributed by atoms with Gasteiger partial charge in [0.2, 0.25) is 0 Å². The summed E-state index contributed by atoms with van der Waals surface area (Å²) in [6.45, 7) is 0.785. The van der Waals surface area contributed by atoms with E-state index in [1.165, 1.54) is 0 Å². The lowest BCUT2D eigenvalue weighted by Crippen LogP contribution is -2.09. The molecule has 6 nitrogen and oxygen atoms in total. The van der Waals surface area contributed by atoms with Gasteiger partial charge >= 0.3 is 0 Å². The number of nitrogens with one attached hydrogen (secondary N) is 1. The molecule has 0 spiro atoms. The summed E-state index contributed by atoms with van der Waals surface area (Å²) in [5, 5.41) is 3.33. The highest BCUT2D eigenvalue weighted by Crippen LogP contribution is 2.18. The minimum Gasteiger partial charge on any atom is -0.368 e. The van der Waals surface area contributed by atoms with E-state index in [0.717, 1.165) is 35.6 Å². The molecule has 98 valence electrons. The van der Waals surface area contributed by atoms with Gasteiger partial charge in [0.1, 0.15) is 11.3 Å². The number of anilines is 1. The fourth-order valence-electron chi connectivity index (χ4n) is 2.12. The van der Waals surface area contributed by atoms with Crippen LogP contribution in [0, 0.1) is 0 Å². The maximum absolute atomic E-state index is 4.37. The molecule has 0 amide bonds. The topological polar surface area (TPSA) is 60.6 Å². The highest BCUT2D eigenvalue weighted by molar-refractivity contribution is 5.85. The summed E-state index contributed by atoms with van der Waals surface area (Å²) in [7, 11) is 3.98. The molecule has 3 rings (SSSR count). The summed E-state index contributed by atoms with van der Waals surface area (Å²) < 4.78 is 4.01. The molecule has 0 bridgehead atoms. The molecule has 6 heteroatoms. The highest BCUT2D eigenvalue weighted by atomic mass is 15.1. The molecule has 1 N–H and O–H groups in total. The molecule has 0 aliphatic carbocycles. The highest BCUT2D eigenvalue weighted by Gasteiger charge is 2.06. The number of hydrogen-bond acceptors (Lipinski definition) is 4. The minimum absolute atomic E-state index is 0.785. The Kier molecular flexibility index (Phi) is 2.91. The lowest BCUT2D eigenvalue weighted by atomic mass is 10.3. The first-order valence-corrected chi connectivity index (χ1v) is 6.22. The quantitative estimate of drug-likeness (QED) is 0.765.